The lowest BCUT2D eigenvalue weighted by Gasteiger charge is -2.09. The number of rotatable bonds is 4. The second-order valence-electron chi connectivity index (χ2n) is 5.61. The number of benzene rings is 2. The van der Waals surface area contributed by atoms with E-state index in [1.165, 1.54) is 16.0 Å². The molecule has 1 N–H and O–H groups in total. The Morgan fingerprint density at radius 3 is 1.83 bits per heavy atom. The van der Waals surface area contributed by atoms with Crippen LogP contribution < -0.4 is 0 Å². The van der Waals surface area contributed by atoms with Crippen LogP contribution in [0, 0.1) is 0 Å². The summed E-state index contributed by atoms with van der Waals surface area (Å²) < 4.78 is 0. The van der Waals surface area contributed by atoms with Crippen molar-refractivity contribution in [2.45, 2.75) is 12.8 Å². The van der Waals surface area contributed by atoms with E-state index in [4.69, 9.17) is 0 Å². The Morgan fingerprint density at radius 1 is 0.625 bits per heavy atom. The van der Waals surface area contributed by atoms with Gasteiger partial charge in [-0.05, 0) is 22.6 Å². The molecule has 0 saturated heterocycles. The average molecular weight is 332 g/mol. The van der Waals surface area contributed by atoms with Crippen molar-refractivity contribution >= 4 is 11.3 Å². The summed E-state index contributed by atoms with van der Waals surface area (Å²) in [6, 6.07) is 28.3. The Balaban J connectivity index is 2.08. The Bertz CT molecular complexity index is 821. The van der Waals surface area contributed by atoms with Crippen LogP contribution in [0.1, 0.15) is 21.6 Å². The number of aromatic hydroxyl groups is 1. The summed E-state index contributed by atoms with van der Waals surface area (Å²) in [4.78, 5) is 1.18. The predicted octanol–water partition coefficient (Wildman–Crippen LogP) is 5.76. The van der Waals surface area contributed by atoms with Crippen LogP contribution in [0.3, 0.4) is 0 Å². The maximum Gasteiger partial charge on any atom is 0.120 e. The highest BCUT2D eigenvalue weighted by Crippen LogP contribution is 2.26. The molecule has 3 rings (SSSR count). The molecule has 0 spiro atoms. The molecule has 0 amide bonds. The fourth-order valence-electron chi connectivity index (χ4n) is 2.61. The Hall–Kier alpha value is -2.58. The van der Waals surface area contributed by atoms with Crippen molar-refractivity contribution in [2.75, 3.05) is 0 Å². The molecule has 1 heterocycles. The average Bonchev–Trinajstić information content (AvgIpc) is 2.70. The Kier molecular flexibility index (Phi) is 5.65. The molecular weight excluding hydrogens is 312 g/mol. The molecule has 0 unspecified atom stereocenters. The summed E-state index contributed by atoms with van der Waals surface area (Å²) in [7, 11) is 0. The molecule has 0 saturated carbocycles. The van der Waals surface area contributed by atoms with Gasteiger partial charge in [-0.25, -0.2) is 0 Å². The fourth-order valence-corrected chi connectivity index (χ4v) is 3.51. The molecule has 0 aliphatic heterocycles. The highest BCUT2D eigenvalue weighted by atomic mass is 32.1. The highest BCUT2D eigenvalue weighted by molar-refractivity contribution is 7.09. The topological polar surface area (TPSA) is 20.2 Å². The molecule has 1 aromatic heterocycles. The molecule has 0 bridgehead atoms. The standard InChI is InChI=1S/C22H20OS/c23-21-14-8-3-9-15-24-22(17-19-12-6-2-7-13-19)20(21)16-18-10-4-1-5-11-18/h1-15,23H,16-17H2. The predicted molar refractivity (Wildman–Crippen MR) is 102 cm³/mol. The van der Waals surface area contributed by atoms with Gasteiger partial charge in [0.2, 0.25) is 0 Å². The minimum Gasteiger partial charge on any atom is -0.508 e. The van der Waals surface area contributed by atoms with E-state index >= 15 is 0 Å². The van der Waals surface area contributed by atoms with E-state index in [2.05, 4.69) is 41.8 Å². The first-order valence-electron chi connectivity index (χ1n) is 8.02. The zero-order valence-electron chi connectivity index (χ0n) is 13.4. The molecule has 3 aromatic rings. The van der Waals surface area contributed by atoms with Gasteiger partial charge in [0.1, 0.15) is 5.75 Å². The molecule has 0 fully saturated rings. The van der Waals surface area contributed by atoms with Gasteiger partial charge in [-0.15, -0.1) is 11.3 Å². The minimum atomic E-state index is 0.345. The van der Waals surface area contributed by atoms with Gasteiger partial charge < -0.3 is 5.11 Å². The third-order valence-corrected chi connectivity index (χ3v) is 4.81. The normalized spacial score (nSPS) is 10.2. The first kappa shape index (κ1) is 16.3. The van der Waals surface area contributed by atoms with Crippen LogP contribution in [-0.4, -0.2) is 5.11 Å². The van der Waals surface area contributed by atoms with Gasteiger partial charge in [-0.3, -0.25) is 0 Å². The summed E-state index contributed by atoms with van der Waals surface area (Å²) in [5.74, 6) is 0.345. The summed E-state index contributed by atoms with van der Waals surface area (Å²) in [5.41, 5.74) is 3.44. The van der Waals surface area contributed by atoms with E-state index in [-0.39, 0.29) is 0 Å². The maximum absolute atomic E-state index is 10.6. The second kappa shape index (κ2) is 8.32. The van der Waals surface area contributed by atoms with Gasteiger partial charge in [-0.1, -0.05) is 78.9 Å². The molecule has 120 valence electrons. The Morgan fingerprint density at radius 2 is 1.17 bits per heavy atom. The smallest absolute Gasteiger partial charge is 0.120 e. The van der Waals surface area contributed by atoms with Gasteiger partial charge >= 0.3 is 0 Å². The maximum atomic E-state index is 10.6. The van der Waals surface area contributed by atoms with Gasteiger partial charge in [0, 0.05) is 23.3 Å². The van der Waals surface area contributed by atoms with Crippen molar-refractivity contribution in [1.29, 1.82) is 0 Å². The first-order chi connectivity index (χ1) is 11.8. The van der Waals surface area contributed by atoms with Crippen LogP contribution in [0.2, 0.25) is 0 Å². The number of hydrogen-bond donors (Lipinski definition) is 1. The first-order valence-corrected chi connectivity index (χ1v) is 8.90. The summed E-state index contributed by atoms with van der Waals surface area (Å²) in [6.07, 6.45) is 1.54. The summed E-state index contributed by atoms with van der Waals surface area (Å²) in [5, 5.41) is 12.7. The SMILES string of the molecule is Oc1cccccsc(Cc2ccccc2)c1Cc1ccccc1. The summed E-state index contributed by atoms with van der Waals surface area (Å²) in [6.45, 7) is 0. The van der Waals surface area contributed by atoms with E-state index < -0.39 is 0 Å². The van der Waals surface area contributed by atoms with Crippen LogP contribution in [-0.2, 0) is 12.8 Å². The lowest BCUT2D eigenvalue weighted by atomic mass is 10.0. The molecule has 24 heavy (non-hydrogen) atoms. The molecule has 2 heteroatoms. The third kappa shape index (κ3) is 4.46. The van der Waals surface area contributed by atoms with E-state index in [0.717, 1.165) is 18.4 Å². The van der Waals surface area contributed by atoms with Crippen LogP contribution >= 0.6 is 11.3 Å². The molecule has 0 atom stereocenters. The zero-order valence-corrected chi connectivity index (χ0v) is 14.2. The van der Waals surface area contributed by atoms with Crippen molar-refractivity contribution in [2.24, 2.45) is 0 Å². The molecule has 2 aromatic carbocycles. The Labute approximate surface area is 147 Å². The lowest BCUT2D eigenvalue weighted by Crippen LogP contribution is -1.95. The van der Waals surface area contributed by atoms with Crippen molar-refractivity contribution in [1.82, 2.24) is 0 Å². The minimum absolute atomic E-state index is 0.345. The van der Waals surface area contributed by atoms with Gasteiger partial charge in [0.25, 0.3) is 0 Å². The van der Waals surface area contributed by atoms with Crippen LogP contribution in [0.25, 0.3) is 0 Å². The van der Waals surface area contributed by atoms with Crippen LogP contribution in [0.15, 0.2) is 90.3 Å². The molecule has 1 nitrogen and oxygen atoms in total. The zero-order chi connectivity index (χ0) is 16.6. The van der Waals surface area contributed by atoms with Crippen LogP contribution in [0.5, 0.6) is 5.75 Å². The van der Waals surface area contributed by atoms with E-state index in [9.17, 15) is 5.11 Å². The number of hydrogen-bond acceptors (Lipinski definition) is 2. The molecule has 0 aliphatic carbocycles. The largest absolute Gasteiger partial charge is 0.508 e. The van der Waals surface area contributed by atoms with Crippen LogP contribution in [0.4, 0.5) is 0 Å². The van der Waals surface area contributed by atoms with Crippen molar-refractivity contribution in [3.8, 4) is 5.75 Å². The molecule has 0 aliphatic rings. The quantitative estimate of drug-likeness (QED) is 0.644. The van der Waals surface area contributed by atoms with Gasteiger partial charge in [0.15, 0.2) is 0 Å². The third-order valence-electron chi connectivity index (χ3n) is 3.84. The van der Waals surface area contributed by atoms with Crippen molar-refractivity contribution in [3.63, 3.8) is 0 Å². The molecular formula is C22H20OS. The van der Waals surface area contributed by atoms with Gasteiger partial charge in [-0.2, -0.15) is 0 Å². The van der Waals surface area contributed by atoms with E-state index in [0.29, 0.717) is 5.75 Å². The lowest BCUT2D eigenvalue weighted by molar-refractivity contribution is 0.469. The van der Waals surface area contributed by atoms with E-state index in [1.54, 1.807) is 17.4 Å². The van der Waals surface area contributed by atoms with E-state index in [1.807, 2.05) is 42.5 Å². The fraction of sp³-hybridized carbons (Fsp3) is 0.0909. The van der Waals surface area contributed by atoms with Crippen molar-refractivity contribution < 1.29 is 5.11 Å². The highest BCUT2D eigenvalue weighted by Gasteiger charge is 2.08. The summed E-state index contributed by atoms with van der Waals surface area (Å²) >= 11 is 1.68. The van der Waals surface area contributed by atoms with Crippen molar-refractivity contribution in [3.05, 3.63) is 112 Å². The monoisotopic (exact) mass is 332 g/mol. The molecule has 0 radical (unpaired) electrons. The second-order valence-corrected chi connectivity index (χ2v) is 6.61. The van der Waals surface area contributed by atoms with Gasteiger partial charge in [0.05, 0.1) is 0 Å².